The van der Waals surface area contributed by atoms with Gasteiger partial charge in [-0.3, -0.25) is 14.9 Å². The van der Waals surface area contributed by atoms with Crippen LogP contribution in [0, 0.1) is 0 Å². The predicted molar refractivity (Wildman–Crippen MR) is 93.2 cm³/mol. The molecule has 0 atom stereocenters. The second kappa shape index (κ2) is 6.68. The van der Waals surface area contributed by atoms with E-state index in [9.17, 15) is 18.0 Å². The molecule has 5 nitrogen and oxygen atoms in total. The van der Waals surface area contributed by atoms with Crippen LogP contribution in [-0.2, 0) is 6.18 Å². The number of fused-ring (bicyclic) bond motifs is 1. The Labute approximate surface area is 153 Å². The first-order valence-electron chi connectivity index (χ1n) is 8.69. The predicted octanol–water partition coefficient (Wildman–Crippen LogP) is 4.00. The number of H-pyrrole nitrogens is 1. The Hall–Kier alpha value is -2.90. The zero-order valence-electron chi connectivity index (χ0n) is 14.3. The SMILES string of the molecule is O=C(c1n[nH]c2cccnc12)N1CCC(c2ccccc2C(F)(F)F)CC1. The molecular weight excluding hydrogens is 357 g/mol. The van der Waals surface area contributed by atoms with Crippen LogP contribution in [0.3, 0.4) is 0 Å². The van der Waals surface area contributed by atoms with Crippen molar-refractivity contribution in [2.45, 2.75) is 24.9 Å². The topological polar surface area (TPSA) is 61.9 Å². The quantitative estimate of drug-likeness (QED) is 0.738. The largest absolute Gasteiger partial charge is 0.416 e. The number of aromatic nitrogens is 3. The molecule has 140 valence electrons. The summed E-state index contributed by atoms with van der Waals surface area (Å²) in [5.41, 5.74) is 1.16. The van der Waals surface area contributed by atoms with Gasteiger partial charge < -0.3 is 4.90 Å². The van der Waals surface area contributed by atoms with E-state index in [2.05, 4.69) is 15.2 Å². The van der Waals surface area contributed by atoms with E-state index in [1.165, 1.54) is 12.1 Å². The molecule has 27 heavy (non-hydrogen) atoms. The molecule has 1 fully saturated rings. The maximum absolute atomic E-state index is 13.3. The van der Waals surface area contributed by atoms with Crippen molar-refractivity contribution >= 4 is 16.9 Å². The molecule has 0 unspecified atom stereocenters. The number of aromatic amines is 1. The number of amides is 1. The van der Waals surface area contributed by atoms with E-state index in [4.69, 9.17) is 0 Å². The van der Waals surface area contributed by atoms with E-state index >= 15 is 0 Å². The number of carbonyl (C=O) groups excluding carboxylic acids is 1. The van der Waals surface area contributed by atoms with Gasteiger partial charge in [-0.1, -0.05) is 18.2 Å². The molecule has 1 aliphatic rings. The van der Waals surface area contributed by atoms with Crippen LogP contribution >= 0.6 is 0 Å². The zero-order chi connectivity index (χ0) is 19.0. The van der Waals surface area contributed by atoms with Gasteiger partial charge in [0, 0.05) is 19.3 Å². The van der Waals surface area contributed by atoms with Crippen LogP contribution in [0.4, 0.5) is 13.2 Å². The summed E-state index contributed by atoms with van der Waals surface area (Å²) in [7, 11) is 0. The Morgan fingerprint density at radius 3 is 2.59 bits per heavy atom. The summed E-state index contributed by atoms with van der Waals surface area (Å²) in [5.74, 6) is -0.469. The summed E-state index contributed by atoms with van der Waals surface area (Å²) in [4.78, 5) is 18.6. The first kappa shape index (κ1) is 17.5. The van der Waals surface area contributed by atoms with Crippen LogP contribution in [0.2, 0.25) is 0 Å². The highest BCUT2D eigenvalue weighted by molar-refractivity contribution is 6.03. The van der Waals surface area contributed by atoms with E-state index < -0.39 is 11.7 Å². The molecule has 0 bridgehead atoms. The molecule has 2 aromatic heterocycles. The number of carbonyl (C=O) groups is 1. The number of halogens is 3. The highest BCUT2D eigenvalue weighted by Crippen LogP contribution is 2.38. The van der Waals surface area contributed by atoms with Crippen molar-refractivity contribution in [1.82, 2.24) is 20.1 Å². The van der Waals surface area contributed by atoms with Crippen LogP contribution in [0.25, 0.3) is 11.0 Å². The normalized spacial score (nSPS) is 16.0. The second-order valence-electron chi connectivity index (χ2n) is 6.62. The molecule has 4 rings (SSSR count). The van der Waals surface area contributed by atoms with Gasteiger partial charge in [-0.05, 0) is 42.5 Å². The van der Waals surface area contributed by atoms with Crippen LogP contribution in [0.1, 0.15) is 40.4 Å². The van der Waals surface area contributed by atoms with E-state index in [0.717, 1.165) is 6.07 Å². The first-order valence-corrected chi connectivity index (χ1v) is 8.69. The number of hydrogen-bond acceptors (Lipinski definition) is 3. The lowest BCUT2D eigenvalue weighted by atomic mass is 9.86. The smallest absolute Gasteiger partial charge is 0.337 e. The average Bonchev–Trinajstić information content (AvgIpc) is 3.11. The highest BCUT2D eigenvalue weighted by Gasteiger charge is 2.36. The molecule has 1 amide bonds. The summed E-state index contributed by atoms with van der Waals surface area (Å²) < 4.78 is 39.8. The van der Waals surface area contributed by atoms with Gasteiger partial charge in [0.25, 0.3) is 5.91 Å². The minimum Gasteiger partial charge on any atom is -0.337 e. The maximum atomic E-state index is 13.3. The summed E-state index contributed by atoms with van der Waals surface area (Å²) in [5, 5.41) is 6.85. The summed E-state index contributed by atoms with van der Waals surface area (Å²) in [6.07, 6.45) is -1.82. The van der Waals surface area contributed by atoms with Crippen LogP contribution in [0.5, 0.6) is 0 Å². The number of likely N-dealkylation sites (tertiary alicyclic amines) is 1. The van der Waals surface area contributed by atoms with Gasteiger partial charge in [-0.25, -0.2) is 0 Å². The fourth-order valence-corrected chi connectivity index (χ4v) is 3.66. The molecule has 8 heteroatoms. The molecule has 1 saturated heterocycles. The number of alkyl halides is 3. The lowest BCUT2D eigenvalue weighted by molar-refractivity contribution is -0.138. The molecule has 0 radical (unpaired) electrons. The third-order valence-electron chi connectivity index (χ3n) is 5.01. The monoisotopic (exact) mass is 374 g/mol. The van der Waals surface area contributed by atoms with Crippen LogP contribution in [-0.4, -0.2) is 39.1 Å². The molecule has 0 aliphatic carbocycles. The van der Waals surface area contributed by atoms with Crippen LogP contribution < -0.4 is 0 Å². The molecule has 0 spiro atoms. The molecule has 1 aliphatic heterocycles. The van der Waals surface area contributed by atoms with Crippen molar-refractivity contribution in [2.75, 3.05) is 13.1 Å². The third-order valence-corrected chi connectivity index (χ3v) is 5.01. The van der Waals surface area contributed by atoms with E-state index in [1.54, 1.807) is 29.3 Å². The van der Waals surface area contributed by atoms with Gasteiger partial charge in [0.1, 0.15) is 5.52 Å². The van der Waals surface area contributed by atoms with Gasteiger partial charge in [-0.2, -0.15) is 18.3 Å². The van der Waals surface area contributed by atoms with E-state index in [-0.39, 0.29) is 17.5 Å². The van der Waals surface area contributed by atoms with Gasteiger partial charge in [0.2, 0.25) is 0 Å². The zero-order valence-corrected chi connectivity index (χ0v) is 14.3. The van der Waals surface area contributed by atoms with Crippen molar-refractivity contribution in [3.8, 4) is 0 Å². The fourth-order valence-electron chi connectivity index (χ4n) is 3.66. The van der Waals surface area contributed by atoms with Gasteiger partial charge in [0.15, 0.2) is 5.69 Å². The Morgan fingerprint density at radius 2 is 1.85 bits per heavy atom. The number of benzene rings is 1. The summed E-state index contributed by atoms with van der Waals surface area (Å²) in [6.45, 7) is 0.772. The number of hydrogen-bond donors (Lipinski definition) is 1. The summed E-state index contributed by atoms with van der Waals surface area (Å²) >= 11 is 0. The average molecular weight is 374 g/mol. The van der Waals surface area contributed by atoms with Crippen molar-refractivity contribution in [3.05, 3.63) is 59.4 Å². The van der Waals surface area contributed by atoms with Crippen molar-refractivity contribution in [1.29, 1.82) is 0 Å². The molecule has 3 heterocycles. The lowest BCUT2D eigenvalue weighted by Crippen LogP contribution is -2.38. The minimum atomic E-state index is -4.37. The number of piperidine rings is 1. The van der Waals surface area contributed by atoms with Crippen molar-refractivity contribution in [2.24, 2.45) is 0 Å². The van der Waals surface area contributed by atoms with Gasteiger partial charge in [0.05, 0.1) is 11.1 Å². The number of pyridine rings is 1. The molecule has 0 saturated carbocycles. The second-order valence-corrected chi connectivity index (χ2v) is 6.62. The first-order chi connectivity index (χ1) is 12.9. The Balaban J connectivity index is 1.51. The standard InChI is InChI=1S/C19H17F3N4O/c20-19(21,22)14-5-2-1-4-13(14)12-7-10-26(11-8-12)18(27)17-16-15(24-25-17)6-3-9-23-16/h1-6,9,12H,7-8,10-11H2,(H,24,25). The number of nitrogens with one attached hydrogen (secondary N) is 1. The molecule has 1 N–H and O–H groups in total. The Morgan fingerprint density at radius 1 is 1.11 bits per heavy atom. The Kier molecular flexibility index (Phi) is 4.33. The van der Waals surface area contributed by atoms with Crippen LogP contribution in [0.15, 0.2) is 42.6 Å². The van der Waals surface area contributed by atoms with E-state index in [0.29, 0.717) is 42.5 Å². The van der Waals surface area contributed by atoms with Gasteiger partial charge >= 0.3 is 6.18 Å². The van der Waals surface area contributed by atoms with E-state index in [1.807, 2.05) is 0 Å². The summed E-state index contributed by atoms with van der Waals surface area (Å²) in [6, 6.07) is 9.22. The Bertz CT molecular complexity index is 974. The minimum absolute atomic E-state index is 0.221. The maximum Gasteiger partial charge on any atom is 0.416 e. The molecule has 1 aromatic carbocycles. The van der Waals surface area contributed by atoms with Crippen molar-refractivity contribution in [3.63, 3.8) is 0 Å². The molecular formula is C19H17F3N4O. The van der Waals surface area contributed by atoms with Crippen molar-refractivity contribution < 1.29 is 18.0 Å². The number of rotatable bonds is 2. The number of nitrogens with zero attached hydrogens (tertiary/aromatic N) is 3. The van der Waals surface area contributed by atoms with Gasteiger partial charge in [-0.15, -0.1) is 0 Å². The fraction of sp³-hybridized carbons (Fsp3) is 0.316. The highest BCUT2D eigenvalue weighted by atomic mass is 19.4. The molecule has 3 aromatic rings. The third kappa shape index (κ3) is 3.27. The lowest BCUT2D eigenvalue weighted by Gasteiger charge is -2.32.